The highest BCUT2D eigenvalue weighted by atomic mass is 16.2. The van der Waals surface area contributed by atoms with E-state index in [9.17, 15) is 14.4 Å². The van der Waals surface area contributed by atoms with Crippen LogP contribution in [0.25, 0.3) is 0 Å². The van der Waals surface area contributed by atoms with Gasteiger partial charge in [-0.2, -0.15) is 5.10 Å². The summed E-state index contributed by atoms with van der Waals surface area (Å²) in [6, 6.07) is 2.88. The molecule has 142 valence electrons. The van der Waals surface area contributed by atoms with Crippen LogP contribution in [0.2, 0.25) is 0 Å². The summed E-state index contributed by atoms with van der Waals surface area (Å²) >= 11 is 0. The monoisotopic (exact) mass is 360 g/mol. The first-order valence-corrected chi connectivity index (χ1v) is 9.55. The van der Waals surface area contributed by atoms with Gasteiger partial charge in [-0.25, -0.2) is 4.68 Å². The van der Waals surface area contributed by atoms with Gasteiger partial charge in [-0.05, 0) is 31.7 Å². The van der Waals surface area contributed by atoms with Crippen molar-refractivity contribution in [3.8, 4) is 0 Å². The van der Waals surface area contributed by atoms with Gasteiger partial charge in [0.25, 0.3) is 11.5 Å². The summed E-state index contributed by atoms with van der Waals surface area (Å²) in [5, 5.41) is 4.10. The summed E-state index contributed by atoms with van der Waals surface area (Å²) in [5.74, 6) is 0.115. The highest BCUT2D eigenvalue weighted by Gasteiger charge is 2.42. The molecule has 3 rings (SSSR count). The molecule has 2 aliphatic heterocycles. The zero-order valence-corrected chi connectivity index (χ0v) is 15.7. The van der Waals surface area contributed by atoms with Crippen LogP contribution in [0.3, 0.4) is 0 Å². The molecule has 0 unspecified atom stereocenters. The fraction of sp³-hybridized carbons (Fsp3) is 0.684. The molecular weight excluding hydrogens is 332 g/mol. The number of unbranched alkanes of at least 4 members (excludes halogenated alkanes) is 1. The van der Waals surface area contributed by atoms with Crippen LogP contribution in [0.4, 0.5) is 0 Å². The van der Waals surface area contributed by atoms with Gasteiger partial charge in [0.15, 0.2) is 0 Å². The molecule has 0 aromatic carbocycles. The Morgan fingerprint density at radius 2 is 2.04 bits per heavy atom. The molecule has 0 N–H and O–H groups in total. The number of carbonyl (C=O) groups is 2. The second-order valence-corrected chi connectivity index (χ2v) is 7.68. The summed E-state index contributed by atoms with van der Waals surface area (Å²) in [6.07, 6.45) is 5.50. The smallest absolute Gasteiger partial charge is 0.274 e. The van der Waals surface area contributed by atoms with Crippen molar-refractivity contribution in [3.05, 3.63) is 28.2 Å². The highest BCUT2D eigenvalue weighted by molar-refractivity contribution is 5.92. The molecule has 2 amide bonds. The Labute approximate surface area is 154 Å². The molecule has 1 spiro atoms. The van der Waals surface area contributed by atoms with Crippen LogP contribution in [-0.2, 0) is 11.8 Å². The lowest BCUT2D eigenvalue weighted by atomic mass is 9.73. The van der Waals surface area contributed by atoms with Gasteiger partial charge in [-0.3, -0.25) is 14.4 Å². The molecule has 26 heavy (non-hydrogen) atoms. The maximum absolute atomic E-state index is 12.9. The molecule has 0 saturated carbocycles. The number of aryl methyl sites for hydroxylation is 1. The Morgan fingerprint density at radius 3 is 2.77 bits per heavy atom. The van der Waals surface area contributed by atoms with Crippen LogP contribution < -0.4 is 5.56 Å². The minimum atomic E-state index is -0.228. The number of hydrogen-bond donors (Lipinski definition) is 0. The zero-order valence-electron chi connectivity index (χ0n) is 15.7. The summed E-state index contributed by atoms with van der Waals surface area (Å²) in [7, 11) is 1.55. The topological polar surface area (TPSA) is 75.5 Å². The van der Waals surface area contributed by atoms with Gasteiger partial charge in [-0.15, -0.1) is 0 Å². The molecule has 1 aromatic rings. The fourth-order valence-corrected chi connectivity index (χ4v) is 4.15. The van der Waals surface area contributed by atoms with Crippen molar-refractivity contribution in [2.75, 3.05) is 26.2 Å². The number of rotatable bonds is 4. The normalized spacial score (nSPS) is 23.5. The molecule has 7 heteroatoms. The molecule has 7 nitrogen and oxygen atoms in total. The Hall–Kier alpha value is -2.18. The average molecular weight is 360 g/mol. The second kappa shape index (κ2) is 7.60. The summed E-state index contributed by atoms with van der Waals surface area (Å²) in [4.78, 5) is 40.5. The van der Waals surface area contributed by atoms with Gasteiger partial charge in [-0.1, -0.05) is 13.3 Å². The highest BCUT2D eigenvalue weighted by Crippen LogP contribution is 2.39. The third kappa shape index (κ3) is 3.81. The van der Waals surface area contributed by atoms with Crippen molar-refractivity contribution < 1.29 is 9.59 Å². The standard InChI is InChI=1S/C19H28N4O3/c1-3-4-11-22-13-19(10-8-17(22)25)9-5-12-23(14-19)18(26)15-6-7-16(24)21(2)20-15/h6-7H,3-5,8-14H2,1-2H3/t19-/m0/s1. The molecule has 0 bridgehead atoms. The van der Waals surface area contributed by atoms with E-state index < -0.39 is 0 Å². The third-order valence-corrected chi connectivity index (χ3v) is 5.66. The van der Waals surface area contributed by atoms with Crippen LogP contribution in [-0.4, -0.2) is 57.6 Å². The minimum Gasteiger partial charge on any atom is -0.342 e. The van der Waals surface area contributed by atoms with Crippen LogP contribution in [0.15, 0.2) is 16.9 Å². The number of nitrogens with zero attached hydrogens (tertiary/aromatic N) is 4. The van der Waals surface area contributed by atoms with Crippen molar-refractivity contribution in [2.45, 2.75) is 45.4 Å². The summed E-state index contributed by atoms with van der Waals surface area (Å²) in [6.45, 7) is 5.05. The van der Waals surface area contributed by atoms with Crippen molar-refractivity contribution >= 4 is 11.8 Å². The van der Waals surface area contributed by atoms with Gasteiger partial charge in [0.2, 0.25) is 5.91 Å². The minimum absolute atomic E-state index is 0.00375. The number of hydrogen-bond acceptors (Lipinski definition) is 4. The van der Waals surface area contributed by atoms with E-state index in [1.807, 2.05) is 9.80 Å². The van der Waals surface area contributed by atoms with Crippen molar-refractivity contribution in [2.24, 2.45) is 12.5 Å². The Bertz CT molecular complexity index is 745. The zero-order chi connectivity index (χ0) is 18.7. The maximum Gasteiger partial charge on any atom is 0.274 e. The molecule has 3 heterocycles. The van der Waals surface area contributed by atoms with Crippen LogP contribution in [0.1, 0.15) is 55.9 Å². The van der Waals surface area contributed by atoms with Crippen LogP contribution >= 0.6 is 0 Å². The van der Waals surface area contributed by atoms with E-state index in [0.29, 0.717) is 25.2 Å². The third-order valence-electron chi connectivity index (χ3n) is 5.66. The van der Waals surface area contributed by atoms with Crippen molar-refractivity contribution in [3.63, 3.8) is 0 Å². The predicted octanol–water partition coefficient (Wildman–Crippen LogP) is 1.43. The molecule has 0 aliphatic carbocycles. The number of piperidine rings is 2. The maximum atomic E-state index is 12.9. The van der Waals surface area contributed by atoms with Crippen LogP contribution in [0, 0.1) is 5.41 Å². The first-order chi connectivity index (χ1) is 12.4. The molecular formula is C19H28N4O3. The average Bonchev–Trinajstić information content (AvgIpc) is 2.64. The van der Waals surface area contributed by atoms with Gasteiger partial charge in [0, 0.05) is 51.1 Å². The summed E-state index contributed by atoms with van der Waals surface area (Å²) in [5.41, 5.74) is 0.0730. The van der Waals surface area contributed by atoms with Crippen molar-refractivity contribution in [1.29, 1.82) is 0 Å². The SMILES string of the molecule is CCCCN1C[C@]2(CCCN(C(=O)c3ccc(=O)n(C)n3)C2)CCC1=O. The van der Waals surface area contributed by atoms with Crippen molar-refractivity contribution in [1.82, 2.24) is 19.6 Å². The fourth-order valence-electron chi connectivity index (χ4n) is 4.15. The number of aromatic nitrogens is 2. The number of amides is 2. The van der Waals surface area contributed by atoms with Gasteiger partial charge < -0.3 is 9.80 Å². The molecule has 2 fully saturated rings. The first kappa shape index (κ1) is 18.6. The van der Waals surface area contributed by atoms with Gasteiger partial charge >= 0.3 is 0 Å². The predicted molar refractivity (Wildman–Crippen MR) is 97.8 cm³/mol. The van der Waals surface area contributed by atoms with E-state index in [1.165, 1.54) is 16.8 Å². The lowest BCUT2D eigenvalue weighted by Crippen LogP contribution is -2.55. The Kier molecular flexibility index (Phi) is 5.44. The largest absolute Gasteiger partial charge is 0.342 e. The van der Waals surface area contributed by atoms with Gasteiger partial charge in [0.1, 0.15) is 5.69 Å². The summed E-state index contributed by atoms with van der Waals surface area (Å²) < 4.78 is 1.19. The van der Waals surface area contributed by atoms with E-state index >= 15 is 0 Å². The van der Waals surface area contributed by atoms with E-state index in [1.54, 1.807) is 7.05 Å². The molecule has 2 saturated heterocycles. The quantitative estimate of drug-likeness (QED) is 0.814. The Balaban J connectivity index is 1.73. The number of carbonyl (C=O) groups excluding carboxylic acids is 2. The Morgan fingerprint density at radius 1 is 1.23 bits per heavy atom. The molecule has 1 atom stereocenters. The van der Waals surface area contributed by atoms with Gasteiger partial charge in [0.05, 0.1) is 0 Å². The molecule has 0 radical (unpaired) electrons. The molecule has 1 aromatic heterocycles. The van der Waals surface area contributed by atoms with E-state index in [-0.39, 0.29) is 22.8 Å². The first-order valence-electron chi connectivity index (χ1n) is 9.55. The lowest BCUT2D eigenvalue weighted by molar-refractivity contribution is -0.139. The molecule has 2 aliphatic rings. The number of likely N-dealkylation sites (tertiary alicyclic amines) is 2. The lowest BCUT2D eigenvalue weighted by Gasteiger charge is -2.48. The van der Waals surface area contributed by atoms with E-state index in [0.717, 1.165) is 45.2 Å². The van der Waals surface area contributed by atoms with Crippen LogP contribution in [0.5, 0.6) is 0 Å². The second-order valence-electron chi connectivity index (χ2n) is 7.68. The van der Waals surface area contributed by atoms with E-state index in [4.69, 9.17) is 0 Å². The van der Waals surface area contributed by atoms with E-state index in [2.05, 4.69) is 12.0 Å².